The average Bonchev–Trinajstić information content (AvgIpc) is 3.20. The number of carbonyl (C=O) groups excluding carboxylic acids is 1. The molecule has 1 aromatic rings. The fourth-order valence-electron chi connectivity index (χ4n) is 3.20. The molecule has 2 fully saturated rings. The van der Waals surface area contributed by atoms with Gasteiger partial charge in [-0.25, -0.2) is 13.1 Å². The van der Waals surface area contributed by atoms with E-state index >= 15 is 0 Å². The number of hydrogen-bond donors (Lipinski definition) is 3. The van der Waals surface area contributed by atoms with Gasteiger partial charge in [0.25, 0.3) is 5.91 Å². The molecule has 1 amide bonds. The Hall–Kier alpha value is -1.09. The number of H-pyrrole nitrogens is 1. The number of nitrogens with one attached hydrogen (secondary N) is 3. The van der Waals surface area contributed by atoms with Gasteiger partial charge in [0.15, 0.2) is 0 Å². The standard InChI is InChI=1S/C15H24N4O3S.ClH/c1-11-9-16-5-4-13(11)18-23(21,22)12-8-14(17-10-12)15(20)19-6-2-3-7-19;/h8,10-11,13,16-18H,2-7,9H2,1H3;1H. The Labute approximate surface area is 149 Å². The molecule has 1 aromatic heterocycles. The molecule has 3 rings (SSSR count). The number of hydrogen-bond acceptors (Lipinski definition) is 4. The van der Waals surface area contributed by atoms with Crippen LogP contribution in [0.25, 0.3) is 0 Å². The van der Waals surface area contributed by atoms with Crippen LogP contribution in [0, 0.1) is 5.92 Å². The van der Waals surface area contributed by atoms with Crippen LogP contribution in [0.2, 0.25) is 0 Å². The van der Waals surface area contributed by atoms with E-state index in [1.54, 1.807) is 4.90 Å². The number of sulfonamides is 1. The molecule has 7 nitrogen and oxygen atoms in total. The van der Waals surface area contributed by atoms with Crippen molar-refractivity contribution < 1.29 is 13.2 Å². The Kier molecular flexibility index (Phi) is 6.30. The van der Waals surface area contributed by atoms with Crippen molar-refractivity contribution in [3.63, 3.8) is 0 Å². The van der Waals surface area contributed by atoms with Gasteiger partial charge in [-0.05, 0) is 44.3 Å². The van der Waals surface area contributed by atoms with Gasteiger partial charge in [-0.3, -0.25) is 4.79 Å². The Morgan fingerprint density at radius 3 is 2.71 bits per heavy atom. The normalized spacial score (nSPS) is 24.6. The van der Waals surface area contributed by atoms with E-state index in [1.807, 2.05) is 6.92 Å². The first-order valence-electron chi connectivity index (χ1n) is 8.18. The number of aromatic amines is 1. The predicted molar refractivity (Wildman–Crippen MR) is 93.9 cm³/mol. The molecule has 0 aromatic carbocycles. The van der Waals surface area contributed by atoms with Gasteiger partial charge < -0.3 is 15.2 Å². The molecule has 136 valence electrons. The van der Waals surface area contributed by atoms with Crippen molar-refractivity contribution in [2.24, 2.45) is 5.92 Å². The third-order valence-electron chi connectivity index (χ3n) is 4.68. The number of carbonyl (C=O) groups is 1. The summed E-state index contributed by atoms with van der Waals surface area (Å²) in [5.41, 5.74) is 0.339. The van der Waals surface area contributed by atoms with Crippen LogP contribution in [0.5, 0.6) is 0 Å². The minimum atomic E-state index is -3.61. The van der Waals surface area contributed by atoms with Crippen LogP contribution in [0.15, 0.2) is 17.2 Å². The van der Waals surface area contributed by atoms with E-state index in [1.165, 1.54) is 12.3 Å². The molecule has 9 heteroatoms. The van der Waals surface area contributed by atoms with Crippen LogP contribution in [0.1, 0.15) is 36.7 Å². The summed E-state index contributed by atoms with van der Waals surface area (Å²) < 4.78 is 27.8. The summed E-state index contributed by atoms with van der Waals surface area (Å²) in [5.74, 6) is 0.113. The third-order valence-corrected chi connectivity index (χ3v) is 6.15. The minimum absolute atomic E-state index is 0. The molecule has 2 unspecified atom stereocenters. The van der Waals surface area contributed by atoms with E-state index in [9.17, 15) is 13.2 Å². The van der Waals surface area contributed by atoms with Crippen molar-refractivity contribution in [3.8, 4) is 0 Å². The smallest absolute Gasteiger partial charge is 0.270 e. The van der Waals surface area contributed by atoms with Crippen molar-refractivity contribution in [3.05, 3.63) is 18.0 Å². The van der Waals surface area contributed by atoms with Crippen molar-refractivity contribution in [2.45, 2.75) is 37.1 Å². The highest BCUT2D eigenvalue weighted by molar-refractivity contribution is 7.89. The summed E-state index contributed by atoms with van der Waals surface area (Å²) in [4.78, 5) is 17.0. The van der Waals surface area contributed by atoms with Crippen LogP contribution >= 0.6 is 12.4 Å². The van der Waals surface area contributed by atoms with Crippen molar-refractivity contribution in [2.75, 3.05) is 26.2 Å². The summed E-state index contributed by atoms with van der Waals surface area (Å²) in [6.07, 6.45) is 4.18. The van der Waals surface area contributed by atoms with Crippen LogP contribution in [-0.4, -0.2) is 56.4 Å². The predicted octanol–water partition coefficient (Wildman–Crippen LogP) is 0.949. The highest BCUT2D eigenvalue weighted by Gasteiger charge is 2.28. The fraction of sp³-hybridized carbons (Fsp3) is 0.667. The molecule has 2 atom stereocenters. The third kappa shape index (κ3) is 4.11. The molecule has 0 aliphatic carbocycles. The molecule has 2 aliphatic heterocycles. The Morgan fingerprint density at radius 1 is 1.33 bits per heavy atom. The molecule has 0 bridgehead atoms. The number of likely N-dealkylation sites (tertiary alicyclic amines) is 1. The van der Waals surface area contributed by atoms with E-state index in [2.05, 4.69) is 15.0 Å². The lowest BCUT2D eigenvalue weighted by Gasteiger charge is -2.29. The zero-order valence-corrected chi connectivity index (χ0v) is 15.4. The van der Waals surface area contributed by atoms with Gasteiger partial charge in [-0.2, -0.15) is 0 Å². The molecule has 3 heterocycles. The maximum atomic E-state index is 12.5. The topological polar surface area (TPSA) is 94.3 Å². The number of piperidine rings is 1. The summed E-state index contributed by atoms with van der Waals surface area (Å²) in [7, 11) is -3.61. The molecule has 3 N–H and O–H groups in total. The number of halogens is 1. The Morgan fingerprint density at radius 2 is 2.04 bits per heavy atom. The number of nitrogens with zero attached hydrogens (tertiary/aromatic N) is 1. The van der Waals surface area contributed by atoms with E-state index in [0.29, 0.717) is 5.69 Å². The molecular weight excluding hydrogens is 352 g/mol. The average molecular weight is 377 g/mol. The van der Waals surface area contributed by atoms with E-state index in [0.717, 1.165) is 45.4 Å². The van der Waals surface area contributed by atoms with Crippen molar-refractivity contribution in [1.29, 1.82) is 0 Å². The van der Waals surface area contributed by atoms with Crippen LogP contribution < -0.4 is 10.0 Å². The lowest BCUT2D eigenvalue weighted by Crippen LogP contribution is -2.48. The van der Waals surface area contributed by atoms with Gasteiger partial charge in [0.05, 0.1) is 0 Å². The molecule has 24 heavy (non-hydrogen) atoms. The summed E-state index contributed by atoms with van der Waals surface area (Å²) in [6.45, 7) is 5.12. The molecule has 2 saturated heterocycles. The van der Waals surface area contributed by atoms with E-state index < -0.39 is 10.0 Å². The monoisotopic (exact) mass is 376 g/mol. The Balaban J connectivity index is 0.00000208. The number of aromatic nitrogens is 1. The zero-order valence-electron chi connectivity index (χ0n) is 13.7. The van der Waals surface area contributed by atoms with Gasteiger partial charge in [-0.1, -0.05) is 6.92 Å². The fourth-order valence-corrected chi connectivity index (χ4v) is 4.57. The van der Waals surface area contributed by atoms with E-state index in [4.69, 9.17) is 0 Å². The van der Waals surface area contributed by atoms with Gasteiger partial charge in [-0.15, -0.1) is 12.4 Å². The molecule has 2 aliphatic rings. The minimum Gasteiger partial charge on any atom is -0.356 e. The summed E-state index contributed by atoms with van der Waals surface area (Å²) >= 11 is 0. The SMILES string of the molecule is CC1CNCCC1NS(=O)(=O)c1c[nH]c(C(=O)N2CCCC2)c1.Cl. The zero-order chi connectivity index (χ0) is 16.4. The largest absolute Gasteiger partial charge is 0.356 e. The van der Waals surface area contributed by atoms with Crippen LogP contribution in [0.4, 0.5) is 0 Å². The first-order chi connectivity index (χ1) is 11.0. The number of amides is 1. The highest BCUT2D eigenvalue weighted by Crippen LogP contribution is 2.18. The second-order valence-corrected chi connectivity index (χ2v) is 8.16. The van der Waals surface area contributed by atoms with Gasteiger partial charge in [0.1, 0.15) is 10.6 Å². The highest BCUT2D eigenvalue weighted by atomic mass is 35.5. The lowest BCUT2D eigenvalue weighted by atomic mass is 9.97. The van der Waals surface area contributed by atoms with E-state index in [-0.39, 0.29) is 35.2 Å². The maximum absolute atomic E-state index is 12.5. The summed E-state index contributed by atoms with van der Waals surface area (Å²) in [5, 5.41) is 3.25. The molecule has 0 radical (unpaired) electrons. The van der Waals surface area contributed by atoms with Gasteiger partial charge in [0.2, 0.25) is 10.0 Å². The van der Waals surface area contributed by atoms with Crippen molar-refractivity contribution in [1.82, 2.24) is 19.9 Å². The maximum Gasteiger partial charge on any atom is 0.270 e. The van der Waals surface area contributed by atoms with Crippen LogP contribution in [0.3, 0.4) is 0 Å². The van der Waals surface area contributed by atoms with Gasteiger partial charge >= 0.3 is 0 Å². The first kappa shape index (κ1) is 19.2. The van der Waals surface area contributed by atoms with Crippen LogP contribution in [-0.2, 0) is 10.0 Å². The Bertz CT molecular complexity index is 670. The quantitative estimate of drug-likeness (QED) is 0.729. The number of rotatable bonds is 4. The summed E-state index contributed by atoms with van der Waals surface area (Å²) in [6, 6.07) is 1.36. The van der Waals surface area contributed by atoms with Gasteiger partial charge in [0, 0.05) is 25.3 Å². The van der Waals surface area contributed by atoms with Crippen molar-refractivity contribution >= 4 is 28.3 Å². The second-order valence-electron chi connectivity index (χ2n) is 6.45. The molecular formula is C15H25ClN4O3S. The lowest BCUT2D eigenvalue weighted by molar-refractivity contribution is 0.0787. The first-order valence-corrected chi connectivity index (χ1v) is 9.66. The molecule has 0 saturated carbocycles. The molecule has 0 spiro atoms. The second kappa shape index (κ2) is 7.86.